The van der Waals surface area contributed by atoms with Crippen molar-refractivity contribution >= 4 is 5.69 Å². The molecule has 0 bridgehead atoms. The third-order valence-electron chi connectivity index (χ3n) is 2.96. The van der Waals surface area contributed by atoms with Gasteiger partial charge in [0.15, 0.2) is 0 Å². The van der Waals surface area contributed by atoms with Crippen molar-refractivity contribution in [3.63, 3.8) is 0 Å². The Bertz CT molecular complexity index is 718. The zero-order valence-corrected chi connectivity index (χ0v) is 11.0. The zero-order chi connectivity index (χ0) is 15.6. The summed E-state index contributed by atoms with van der Waals surface area (Å²) in [6.45, 7) is 1.82. The molecule has 2 rings (SSSR count). The Morgan fingerprint density at radius 3 is 2.52 bits per heavy atom. The second-order valence-electron chi connectivity index (χ2n) is 4.41. The molecule has 2 N–H and O–H groups in total. The van der Waals surface area contributed by atoms with Gasteiger partial charge in [-0.15, -0.1) is 13.2 Å². The van der Waals surface area contributed by atoms with Gasteiger partial charge in [0.25, 0.3) is 0 Å². The maximum atomic E-state index is 12.2. The van der Waals surface area contributed by atoms with Gasteiger partial charge < -0.3 is 10.5 Å². The molecule has 0 aliphatic carbocycles. The van der Waals surface area contributed by atoms with Gasteiger partial charge in [0.1, 0.15) is 11.8 Å². The lowest BCUT2D eigenvalue weighted by atomic mass is 9.99. The molecule has 0 aliphatic heterocycles. The lowest BCUT2D eigenvalue weighted by Gasteiger charge is -2.13. The third-order valence-corrected chi connectivity index (χ3v) is 2.96. The highest BCUT2D eigenvalue weighted by molar-refractivity contribution is 5.79. The number of nitrogens with two attached hydrogens (primary N) is 1. The van der Waals surface area contributed by atoms with E-state index in [4.69, 9.17) is 11.0 Å². The maximum absolute atomic E-state index is 12.2. The number of alkyl halides is 3. The van der Waals surface area contributed by atoms with Crippen molar-refractivity contribution in [3.8, 4) is 22.9 Å². The van der Waals surface area contributed by atoms with Crippen molar-refractivity contribution in [1.82, 2.24) is 0 Å². The summed E-state index contributed by atoms with van der Waals surface area (Å²) in [5.74, 6) is -0.528. The number of aryl methyl sites for hydroxylation is 1. The Kier molecular flexibility index (Phi) is 3.76. The van der Waals surface area contributed by atoms with Crippen LogP contribution in [0.3, 0.4) is 0 Å². The largest absolute Gasteiger partial charge is 0.573 e. The van der Waals surface area contributed by atoms with E-state index in [1.165, 1.54) is 12.1 Å². The van der Waals surface area contributed by atoms with Crippen LogP contribution in [0, 0.1) is 18.3 Å². The molecule has 0 amide bonds. The summed E-state index contributed by atoms with van der Waals surface area (Å²) >= 11 is 0. The highest BCUT2D eigenvalue weighted by Crippen LogP contribution is 2.33. The minimum Gasteiger partial charge on any atom is -0.404 e. The molecular formula is C15H11F3N2O. The summed E-state index contributed by atoms with van der Waals surface area (Å²) in [7, 11) is 0. The van der Waals surface area contributed by atoms with Crippen LogP contribution in [0.25, 0.3) is 11.1 Å². The highest BCUT2D eigenvalue weighted by Gasteiger charge is 2.32. The third kappa shape index (κ3) is 3.26. The topological polar surface area (TPSA) is 59.0 Å². The number of rotatable bonds is 2. The number of para-hydroxylation sites is 1. The van der Waals surface area contributed by atoms with Gasteiger partial charge in [0, 0.05) is 11.3 Å². The van der Waals surface area contributed by atoms with E-state index < -0.39 is 12.1 Å². The van der Waals surface area contributed by atoms with Gasteiger partial charge in [-0.3, -0.25) is 0 Å². The molecule has 0 saturated carbocycles. The fourth-order valence-corrected chi connectivity index (χ4v) is 1.93. The smallest absolute Gasteiger partial charge is 0.404 e. The Hall–Kier alpha value is -2.68. The van der Waals surface area contributed by atoms with E-state index in [0.29, 0.717) is 16.8 Å². The fraction of sp³-hybridized carbons (Fsp3) is 0.133. The number of ether oxygens (including phenoxy) is 1. The molecule has 6 heteroatoms. The summed E-state index contributed by atoms with van der Waals surface area (Å²) in [5.41, 5.74) is 8.33. The first-order chi connectivity index (χ1) is 9.81. The van der Waals surface area contributed by atoms with Gasteiger partial charge in [0.2, 0.25) is 0 Å². The monoisotopic (exact) mass is 292 g/mol. The van der Waals surface area contributed by atoms with Gasteiger partial charge in [-0.1, -0.05) is 24.3 Å². The first-order valence-corrected chi connectivity index (χ1v) is 5.97. The van der Waals surface area contributed by atoms with Crippen molar-refractivity contribution in [2.45, 2.75) is 13.3 Å². The van der Waals surface area contributed by atoms with Gasteiger partial charge in [-0.05, 0) is 30.2 Å². The Balaban J connectivity index is 2.49. The molecule has 2 aromatic carbocycles. The van der Waals surface area contributed by atoms with Crippen LogP contribution < -0.4 is 10.5 Å². The predicted molar refractivity (Wildman–Crippen MR) is 72.4 cm³/mol. The quantitative estimate of drug-likeness (QED) is 0.851. The molecule has 2 aromatic rings. The van der Waals surface area contributed by atoms with E-state index in [2.05, 4.69) is 4.74 Å². The molecule has 0 fully saturated rings. The highest BCUT2D eigenvalue weighted by atomic mass is 19.4. The molecule has 0 unspecified atom stereocenters. The average Bonchev–Trinajstić information content (AvgIpc) is 2.41. The molecule has 0 aliphatic rings. The van der Waals surface area contributed by atoms with Crippen molar-refractivity contribution < 1.29 is 17.9 Å². The van der Waals surface area contributed by atoms with Crippen molar-refractivity contribution in [1.29, 1.82) is 5.26 Å². The number of benzene rings is 2. The average molecular weight is 292 g/mol. The minimum absolute atomic E-state index is 0.203. The van der Waals surface area contributed by atoms with Crippen molar-refractivity contribution in [2.75, 3.05) is 5.73 Å². The number of nitrogen functional groups attached to an aromatic ring is 1. The Morgan fingerprint density at radius 1 is 1.19 bits per heavy atom. The van der Waals surface area contributed by atoms with Crippen LogP contribution in [0.15, 0.2) is 36.4 Å². The van der Waals surface area contributed by atoms with Crippen molar-refractivity contribution in [2.24, 2.45) is 0 Å². The van der Waals surface area contributed by atoms with E-state index in [-0.39, 0.29) is 5.56 Å². The fourth-order valence-electron chi connectivity index (χ4n) is 1.93. The second kappa shape index (κ2) is 5.37. The lowest BCUT2D eigenvalue weighted by molar-refractivity contribution is -0.274. The van der Waals surface area contributed by atoms with Crippen LogP contribution in [-0.4, -0.2) is 6.36 Å². The molecule has 0 heterocycles. The molecule has 0 aromatic heterocycles. The summed E-state index contributed by atoms with van der Waals surface area (Å²) in [4.78, 5) is 0. The molecule has 0 spiro atoms. The summed E-state index contributed by atoms with van der Waals surface area (Å²) in [5, 5.41) is 8.98. The summed E-state index contributed by atoms with van der Waals surface area (Å²) in [6, 6.07) is 10.9. The molecule has 0 saturated heterocycles. The summed E-state index contributed by atoms with van der Waals surface area (Å²) < 4.78 is 40.6. The molecule has 108 valence electrons. The van der Waals surface area contributed by atoms with Crippen LogP contribution in [0.2, 0.25) is 0 Å². The number of nitrogens with zero attached hydrogens (tertiary/aromatic N) is 1. The van der Waals surface area contributed by atoms with Crippen LogP contribution in [0.1, 0.15) is 11.1 Å². The standard InChI is InChI=1S/C15H11F3N2O/c1-9-3-2-4-12(14(9)20)10-5-6-13(11(7-10)8-19)21-15(16,17)18/h2-7H,20H2,1H3. The zero-order valence-electron chi connectivity index (χ0n) is 11.0. The lowest BCUT2D eigenvalue weighted by Crippen LogP contribution is -2.17. The number of anilines is 1. The van der Waals surface area contributed by atoms with E-state index in [1.807, 2.05) is 13.0 Å². The van der Waals surface area contributed by atoms with Crippen LogP contribution in [-0.2, 0) is 0 Å². The van der Waals surface area contributed by atoms with E-state index in [0.717, 1.165) is 11.6 Å². The van der Waals surface area contributed by atoms with Gasteiger partial charge in [-0.25, -0.2) is 0 Å². The normalized spacial score (nSPS) is 11.0. The van der Waals surface area contributed by atoms with Crippen molar-refractivity contribution in [3.05, 3.63) is 47.5 Å². The molecule has 0 atom stereocenters. The Morgan fingerprint density at radius 2 is 1.90 bits per heavy atom. The number of hydrogen-bond acceptors (Lipinski definition) is 3. The molecule has 21 heavy (non-hydrogen) atoms. The van der Waals surface area contributed by atoms with E-state index in [9.17, 15) is 13.2 Å². The molecular weight excluding hydrogens is 281 g/mol. The second-order valence-corrected chi connectivity index (χ2v) is 4.41. The molecule has 0 radical (unpaired) electrons. The maximum Gasteiger partial charge on any atom is 0.573 e. The van der Waals surface area contributed by atoms with Crippen LogP contribution in [0.5, 0.6) is 5.75 Å². The van der Waals surface area contributed by atoms with Crippen LogP contribution in [0.4, 0.5) is 18.9 Å². The first kappa shape index (κ1) is 14.7. The number of nitriles is 1. The van der Waals surface area contributed by atoms with Gasteiger partial charge in [0.05, 0.1) is 5.56 Å². The molecule has 3 nitrogen and oxygen atoms in total. The number of halogens is 3. The Labute approximate surface area is 119 Å². The minimum atomic E-state index is -4.84. The van der Waals surface area contributed by atoms with Crippen LogP contribution >= 0.6 is 0 Å². The number of hydrogen-bond donors (Lipinski definition) is 1. The van der Waals surface area contributed by atoms with Gasteiger partial charge >= 0.3 is 6.36 Å². The van der Waals surface area contributed by atoms with E-state index >= 15 is 0 Å². The predicted octanol–water partition coefficient (Wildman–Crippen LogP) is 4.01. The van der Waals surface area contributed by atoms with E-state index in [1.54, 1.807) is 18.2 Å². The first-order valence-electron chi connectivity index (χ1n) is 5.97. The SMILES string of the molecule is Cc1cccc(-c2ccc(OC(F)(F)F)c(C#N)c2)c1N. The van der Waals surface area contributed by atoms with Gasteiger partial charge in [-0.2, -0.15) is 5.26 Å². The summed E-state index contributed by atoms with van der Waals surface area (Å²) in [6.07, 6.45) is -4.84.